The fourth-order valence-electron chi connectivity index (χ4n) is 2.97. The molecule has 0 spiro atoms. The molecule has 1 aliphatic carbocycles. The molecule has 1 fully saturated rings. The Bertz CT molecular complexity index is 636. The number of benzene rings is 1. The SMILES string of the molecule is N#Cc1cc2ccccc2nc1NCC1CCCCC1. The van der Waals surface area contributed by atoms with Crippen LogP contribution in [0, 0.1) is 17.2 Å². The number of nitrogens with zero attached hydrogens (tertiary/aromatic N) is 2. The quantitative estimate of drug-likeness (QED) is 0.909. The standard InChI is InChI=1S/C17H19N3/c18-11-15-10-14-8-4-5-9-16(14)20-17(15)19-12-13-6-2-1-3-7-13/h4-5,8-10,13H,1-3,6-7,12H2,(H,19,20). The molecule has 3 rings (SSSR count). The van der Waals surface area contributed by atoms with Crippen molar-refractivity contribution in [3.8, 4) is 6.07 Å². The first kappa shape index (κ1) is 12.9. The Labute approximate surface area is 119 Å². The molecule has 0 saturated heterocycles. The minimum atomic E-state index is 0.638. The van der Waals surface area contributed by atoms with Crippen LogP contribution in [0.4, 0.5) is 5.82 Å². The summed E-state index contributed by atoms with van der Waals surface area (Å²) in [6.07, 6.45) is 6.63. The lowest BCUT2D eigenvalue weighted by Crippen LogP contribution is -2.18. The molecule has 0 bridgehead atoms. The molecule has 3 heteroatoms. The highest BCUT2D eigenvalue weighted by Crippen LogP contribution is 2.25. The summed E-state index contributed by atoms with van der Waals surface area (Å²) in [4.78, 5) is 4.60. The molecule has 2 aromatic rings. The Morgan fingerprint density at radius 2 is 2.00 bits per heavy atom. The lowest BCUT2D eigenvalue weighted by atomic mass is 9.89. The Morgan fingerprint density at radius 1 is 1.20 bits per heavy atom. The summed E-state index contributed by atoms with van der Waals surface area (Å²) in [5.41, 5.74) is 1.58. The van der Waals surface area contributed by atoms with Crippen LogP contribution in [-0.4, -0.2) is 11.5 Å². The first-order valence-electron chi connectivity index (χ1n) is 7.40. The maximum Gasteiger partial charge on any atom is 0.144 e. The second kappa shape index (κ2) is 5.92. The Balaban J connectivity index is 1.80. The van der Waals surface area contributed by atoms with Crippen LogP contribution >= 0.6 is 0 Å². The summed E-state index contributed by atoms with van der Waals surface area (Å²) in [7, 11) is 0. The molecule has 3 nitrogen and oxygen atoms in total. The molecule has 1 aromatic carbocycles. The van der Waals surface area contributed by atoms with E-state index < -0.39 is 0 Å². The van der Waals surface area contributed by atoms with Gasteiger partial charge in [0, 0.05) is 11.9 Å². The zero-order valence-electron chi connectivity index (χ0n) is 11.6. The maximum absolute atomic E-state index is 9.28. The van der Waals surface area contributed by atoms with Crippen molar-refractivity contribution < 1.29 is 0 Å². The van der Waals surface area contributed by atoms with E-state index in [9.17, 15) is 5.26 Å². The van der Waals surface area contributed by atoms with Gasteiger partial charge in [-0.05, 0) is 30.9 Å². The fourth-order valence-corrected chi connectivity index (χ4v) is 2.97. The maximum atomic E-state index is 9.28. The minimum absolute atomic E-state index is 0.638. The molecule has 1 aromatic heterocycles. The Kier molecular flexibility index (Phi) is 3.83. The summed E-state index contributed by atoms with van der Waals surface area (Å²) >= 11 is 0. The normalized spacial score (nSPS) is 15.9. The van der Waals surface area contributed by atoms with Crippen molar-refractivity contribution in [3.05, 3.63) is 35.9 Å². The number of anilines is 1. The van der Waals surface area contributed by atoms with Gasteiger partial charge in [0.2, 0.25) is 0 Å². The molecule has 20 heavy (non-hydrogen) atoms. The molecular weight excluding hydrogens is 246 g/mol. The number of hydrogen-bond donors (Lipinski definition) is 1. The Morgan fingerprint density at radius 3 is 2.80 bits per heavy atom. The van der Waals surface area contributed by atoms with Gasteiger partial charge < -0.3 is 5.32 Å². The summed E-state index contributed by atoms with van der Waals surface area (Å²) in [6, 6.07) is 12.1. The molecule has 0 atom stereocenters. The lowest BCUT2D eigenvalue weighted by molar-refractivity contribution is 0.373. The van der Waals surface area contributed by atoms with Crippen LogP contribution in [0.25, 0.3) is 10.9 Å². The van der Waals surface area contributed by atoms with E-state index in [2.05, 4.69) is 16.4 Å². The fraction of sp³-hybridized carbons (Fsp3) is 0.412. The Hall–Kier alpha value is -2.08. The number of aromatic nitrogens is 1. The van der Waals surface area contributed by atoms with E-state index in [0.29, 0.717) is 5.56 Å². The van der Waals surface area contributed by atoms with Crippen molar-refractivity contribution >= 4 is 16.7 Å². The molecule has 1 aliphatic rings. The van der Waals surface area contributed by atoms with Crippen LogP contribution < -0.4 is 5.32 Å². The molecule has 0 unspecified atom stereocenters. The molecular formula is C17H19N3. The van der Waals surface area contributed by atoms with E-state index in [1.807, 2.05) is 30.3 Å². The highest BCUT2D eigenvalue weighted by molar-refractivity contribution is 5.82. The zero-order valence-corrected chi connectivity index (χ0v) is 11.6. The van der Waals surface area contributed by atoms with Crippen molar-refractivity contribution in [2.24, 2.45) is 5.92 Å². The van der Waals surface area contributed by atoms with Gasteiger partial charge in [-0.25, -0.2) is 4.98 Å². The third kappa shape index (κ3) is 2.75. The summed E-state index contributed by atoms with van der Waals surface area (Å²) < 4.78 is 0. The van der Waals surface area contributed by atoms with E-state index in [-0.39, 0.29) is 0 Å². The molecule has 1 saturated carbocycles. The third-order valence-electron chi connectivity index (χ3n) is 4.13. The number of pyridine rings is 1. The molecule has 0 amide bonds. The van der Waals surface area contributed by atoms with E-state index in [4.69, 9.17) is 0 Å². The van der Waals surface area contributed by atoms with Crippen LogP contribution in [0.15, 0.2) is 30.3 Å². The second-order valence-corrected chi connectivity index (χ2v) is 5.57. The number of hydrogen-bond acceptors (Lipinski definition) is 3. The number of fused-ring (bicyclic) bond motifs is 1. The highest BCUT2D eigenvalue weighted by Gasteiger charge is 2.14. The lowest BCUT2D eigenvalue weighted by Gasteiger charge is -2.22. The van der Waals surface area contributed by atoms with Crippen LogP contribution in [0.1, 0.15) is 37.7 Å². The first-order valence-corrected chi connectivity index (χ1v) is 7.40. The van der Waals surface area contributed by atoms with Gasteiger partial charge in [-0.15, -0.1) is 0 Å². The molecule has 0 radical (unpaired) electrons. The van der Waals surface area contributed by atoms with Gasteiger partial charge in [0.1, 0.15) is 11.9 Å². The molecule has 0 aliphatic heterocycles. The van der Waals surface area contributed by atoms with Crippen molar-refractivity contribution in [2.45, 2.75) is 32.1 Å². The van der Waals surface area contributed by atoms with Crippen LogP contribution in [0.3, 0.4) is 0 Å². The van der Waals surface area contributed by atoms with E-state index in [0.717, 1.165) is 29.2 Å². The summed E-state index contributed by atoms with van der Waals surface area (Å²) in [6.45, 7) is 0.931. The van der Waals surface area contributed by atoms with Gasteiger partial charge in [-0.3, -0.25) is 0 Å². The topological polar surface area (TPSA) is 48.7 Å². The zero-order chi connectivity index (χ0) is 13.8. The molecule has 102 valence electrons. The van der Waals surface area contributed by atoms with Crippen molar-refractivity contribution in [2.75, 3.05) is 11.9 Å². The number of rotatable bonds is 3. The highest BCUT2D eigenvalue weighted by atomic mass is 15.0. The third-order valence-corrected chi connectivity index (χ3v) is 4.13. The van der Waals surface area contributed by atoms with E-state index >= 15 is 0 Å². The summed E-state index contributed by atoms with van der Waals surface area (Å²) in [5, 5.41) is 13.7. The van der Waals surface area contributed by atoms with Crippen molar-refractivity contribution in [1.29, 1.82) is 5.26 Å². The smallest absolute Gasteiger partial charge is 0.144 e. The van der Waals surface area contributed by atoms with E-state index in [1.165, 1.54) is 32.1 Å². The van der Waals surface area contributed by atoms with Gasteiger partial charge in [-0.2, -0.15) is 5.26 Å². The average molecular weight is 265 g/mol. The number of para-hydroxylation sites is 1. The predicted octanol–water partition coefficient (Wildman–Crippen LogP) is 4.10. The number of nitriles is 1. The van der Waals surface area contributed by atoms with Gasteiger partial charge in [0.05, 0.1) is 11.1 Å². The minimum Gasteiger partial charge on any atom is -0.369 e. The van der Waals surface area contributed by atoms with Crippen molar-refractivity contribution in [3.63, 3.8) is 0 Å². The monoisotopic (exact) mass is 265 g/mol. The van der Waals surface area contributed by atoms with E-state index in [1.54, 1.807) is 0 Å². The van der Waals surface area contributed by atoms with Crippen molar-refractivity contribution in [1.82, 2.24) is 4.98 Å². The van der Waals surface area contributed by atoms with Crippen LogP contribution in [-0.2, 0) is 0 Å². The van der Waals surface area contributed by atoms with Gasteiger partial charge in [0.15, 0.2) is 0 Å². The average Bonchev–Trinajstić information content (AvgIpc) is 2.53. The largest absolute Gasteiger partial charge is 0.369 e. The van der Waals surface area contributed by atoms with Gasteiger partial charge in [0.25, 0.3) is 0 Å². The molecule has 1 N–H and O–H groups in total. The first-order chi connectivity index (χ1) is 9.86. The molecule has 1 heterocycles. The summed E-state index contributed by atoms with van der Waals surface area (Å²) in [5.74, 6) is 1.46. The second-order valence-electron chi connectivity index (χ2n) is 5.57. The van der Waals surface area contributed by atoms with Crippen LogP contribution in [0.5, 0.6) is 0 Å². The predicted molar refractivity (Wildman–Crippen MR) is 81.5 cm³/mol. The van der Waals surface area contributed by atoms with Gasteiger partial charge >= 0.3 is 0 Å². The number of nitrogens with one attached hydrogen (secondary N) is 1. The van der Waals surface area contributed by atoms with Crippen LogP contribution in [0.2, 0.25) is 0 Å². The van der Waals surface area contributed by atoms with Gasteiger partial charge in [-0.1, -0.05) is 37.5 Å².